The number of anilines is 1. The number of nitrogens with one attached hydrogen (secondary N) is 1. The Morgan fingerprint density at radius 1 is 1.13 bits per heavy atom. The van der Waals surface area contributed by atoms with Crippen molar-refractivity contribution in [2.45, 2.75) is 25.2 Å². The first kappa shape index (κ1) is 22.3. The molecular weight excluding hydrogens is 404 g/mol. The second-order valence-electron chi connectivity index (χ2n) is 7.55. The summed E-state index contributed by atoms with van der Waals surface area (Å²) in [6.45, 7) is 6.34. The lowest BCUT2D eigenvalue weighted by molar-refractivity contribution is 0.0730. The monoisotopic (exact) mass is 432 g/mol. The van der Waals surface area contributed by atoms with E-state index in [0.29, 0.717) is 55.8 Å². The van der Waals surface area contributed by atoms with Crippen LogP contribution in [0.15, 0.2) is 53.4 Å². The number of amides is 1. The van der Waals surface area contributed by atoms with Crippen molar-refractivity contribution in [1.29, 1.82) is 0 Å². The van der Waals surface area contributed by atoms with E-state index in [0.717, 1.165) is 6.42 Å². The lowest BCUT2D eigenvalue weighted by Crippen LogP contribution is -2.40. The Morgan fingerprint density at radius 2 is 1.83 bits per heavy atom. The summed E-state index contributed by atoms with van der Waals surface area (Å²) in [5, 5.41) is 2.80. The molecule has 3 rings (SSSR count). The van der Waals surface area contributed by atoms with E-state index < -0.39 is 10.0 Å². The molecule has 1 saturated heterocycles. The number of nitrogens with zero attached hydrogens (tertiary/aromatic N) is 1. The summed E-state index contributed by atoms with van der Waals surface area (Å²) in [5.74, 6) is 0.912. The standard InChI is InChI=1S/C22H28N2O5S/c1-17(2)10-13-29-20-5-3-4-18(16-20)22(25)23-19-6-8-21(9-7-19)30(26,27)24-11-14-28-15-12-24/h3-9,16-17H,10-15H2,1-2H3,(H,23,25). The zero-order chi connectivity index (χ0) is 21.6. The van der Waals surface area contributed by atoms with Crippen molar-refractivity contribution in [2.24, 2.45) is 5.92 Å². The average Bonchev–Trinajstić information content (AvgIpc) is 2.75. The van der Waals surface area contributed by atoms with Gasteiger partial charge in [0.2, 0.25) is 10.0 Å². The van der Waals surface area contributed by atoms with E-state index in [1.807, 2.05) is 6.07 Å². The molecule has 1 fully saturated rings. The molecule has 2 aromatic rings. The van der Waals surface area contributed by atoms with Crippen molar-refractivity contribution >= 4 is 21.6 Å². The van der Waals surface area contributed by atoms with Crippen LogP contribution in [0, 0.1) is 5.92 Å². The fraction of sp³-hybridized carbons (Fsp3) is 0.409. The van der Waals surface area contributed by atoms with E-state index in [1.54, 1.807) is 30.3 Å². The van der Waals surface area contributed by atoms with Gasteiger partial charge in [-0.1, -0.05) is 19.9 Å². The first-order valence-corrected chi connectivity index (χ1v) is 11.5. The van der Waals surface area contributed by atoms with Crippen molar-refractivity contribution in [2.75, 3.05) is 38.2 Å². The van der Waals surface area contributed by atoms with E-state index in [-0.39, 0.29) is 10.8 Å². The topological polar surface area (TPSA) is 84.9 Å². The summed E-state index contributed by atoms with van der Waals surface area (Å²) >= 11 is 0. The highest BCUT2D eigenvalue weighted by Gasteiger charge is 2.26. The molecule has 0 radical (unpaired) electrons. The van der Waals surface area contributed by atoms with Crippen LogP contribution >= 0.6 is 0 Å². The largest absolute Gasteiger partial charge is 0.494 e. The van der Waals surface area contributed by atoms with E-state index in [1.165, 1.54) is 16.4 Å². The Kier molecular flexibility index (Phi) is 7.47. The summed E-state index contributed by atoms with van der Waals surface area (Å²) in [6, 6.07) is 13.2. The van der Waals surface area contributed by atoms with Crippen molar-refractivity contribution < 1.29 is 22.7 Å². The Hall–Kier alpha value is -2.42. The number of benzene rings is 2. The molecule has 30 heavy (non-hydrogen) atoms. The zero-order valence-corrected chi connectivity index (χ0v) is 18.2. The van der Waals surface area contributed by atoms with E-state index >= 15 is 0 Å². The van der Waals surface area contributed by atoms with Crippen molar-refractivity contribution in [3.8, 4) is 5.75 Å². The number of rotatable bonds is 8. The molecule has 1 amide bonds. The number of carbonyl (C=O) groups is 1. The van der Waals surface area contributed by atoms with Crippen LogP contribution in [0.3, 0.4) is 0 Å². The van der Waals surface area contributed by atoms with Crippen LogP contribution in [0.5, 0.6) is 5.75 Å². The molecule has 0 unspecified atom stereocenters. The Morgan fingerprint density at radius 3 is 2.50 bits per heavy atom. The molecule has 1 heterocycles. The van der Waals surface area contributed by atoms with Gasteiger partial charge in [0.25, 0.3) is 5.91 Å². The third-order valence-corrected chi connectivity index (χ3v) is 6.69. The molecule has 0 atom stereocenters. The minimum absolute atomic E-state index is 0.197. The van der Waals surface area contributed by atoms with Crippen LogP contribution in [0.2, 0.25) is 0 Å². The fourth-order valence-electron chi connectivity index (χ4n) is 2.99. The van der Waals surface area contributed by atoms with Crippen LogP contribution in [-0.2, 0) is 14.8 Å². The van der Waals surface area contributed by atoms with Crippen molar-refractivity contribution in [3.05, 3.63) is 54.1 Å². The SMILES string of the molecule is CC(C)CCOc1cccc(C(=O)Nc2ccc(S(=O)(=O)N3CCOCC3)cc2)c1. The molecule has 7 nitrogen and oxygen atoms in total. The van der Waals surface area contributed by atoms with E-state index in [2.05, 4.69) is 19.2 Å². The molecule has 0 saturated carbocycles. The Labute approximate surface area is 178 Å². The fourth-order valence-corrected chi connectivity index (χ4v) is 4.40. The molecule has 162 valence electrons. The van der Waals surface area contributed by atoms with Crippen LogP contribution < -0.4 is 10.1 Å². The third kappa shape index (κ3) is 5.81. The highest BCUT2D eigenvalue weighted by molar-refractivity contribution is 7.89. The lowest BCUT2D eigenvalue weighted by atomic mass is 10.1. The average molecular weight is 433 g/mol. The molecule has 0 spiro atoms. The predicted molar refractivity (Wildman–Crippen MR) is 115 cm³/mol. The van der Waals surface area contributed by atoms with Crippen molar-refractivity contribution in [1.82, 2.24) is 4.31 Å². The second kappa shape index (κ2) is 10.1. The van der Waals surface area contributed by atoms with Gasteiger partial charge in [0.1, 0.15) is 5.75 Å². The molecule has 1 N–H and O–H groups in total. The summed E-state index contributed by atoms with van der Waals surface area (Å²) in [5.41, 5.74) is 0.995. The van der Waals surface area contributed by atoms with Gasteiger partial charge in [-0.25, -0.2) is 8.42 Å². The molecule has 1 aliphatic heterocycles. The van der Waals surface area contributed by atoms with Gasteiger partial charge in [-0.3, -0.25) is 4.79 Å². The maximum absolute atomic E-state index is 12.7. The van der Waals surface area contributed by atoms with Crippen LogP contribution in [0.1, 0.15) is 30.6 Å². The van der Waals surface area contributed by atoms with Gasteiger partial charge in [0, 0.05) is 24.3 Å². The lowest BCUT2D eigenvalue weighted by Gasteiger charge is -2.26. The first-order valence-electron chi connectivity index (χ1n) is 10.1. The van der Waals surface area contributed by atoms with Crippen LogP contribution in [-0.4, -0.2) is 51.5 Å². The number of hydrogen-bond acceptors (Lipinski definition) is 5. The first-order chi connectivity index (χ1) is 14.4. The molecule has 1 aliphatic rings. The molecule has 2 aromatic carbocycles. The highest BCUT2D eigenvalue weighted by Crippen LogP contribution is 2.21. The smallest absolute Gasteiger partial charge is 0.255 e. The number of morpholine rings is 1. The molecule has 0 bridgehead atoms. The minimum atomic E-state index is -3.56. The summed E-state index contributed by atoms with van der Waals surface area (Å²) in [6.07, 6.45) is 0.941. The molecule has 0 aliphatic carbocycles. The maximum atomic E-state index is 12.7. The van der Waals surface area contributed by atoms with Gasteiger partial charge in [0.05, 0.1) is 24.7 Å². The van der Waals surface area contributed by atoms with Gasteiger partial charge >= 0.3 is 0 Å². The van der Waals surface area contributed by atoms with Crippen LogP contribution in [0.4, 0.5) is 5.69 Å². The summed E-state index contributed by atoms with van der Waals surface area (Å²) < 4.78 is 37.7. The van der Waals surface area contributed by atoms with Crippen molar-refractivity contribution in [3.63, 3.8) is 0 Å². The van der Waals surface area contributed by atoms with E-state index in [4.69, 9.17) is 9.47 Å². The second-order valence-corrected chi connectivity index (χ2v) is 9.49. The van der Waals surface area contributed by atoms with Gasteiger partial charge in [-0.05, 0) is 54.8 Å². The predicted octanol–water partition coefficient (Wildman–Crippen LogP) is 3.38. The van der Waals surface area contributed by atoms with Gasteiger partial charge in [-0.15, -0.1) is 0 Å². The van der Waals surface area contributed by atoms with E-state index in [9.17, 15) is 13.2 Å². The minimum Gasteiger partial charge on any atom is -0.494 e. The van der Waals surface area contributed by atoms with Crippen LogP contribution in [0.25, 0.3) is 0 Å². The maximum Gasteiger partial charge on any atom is 0.255 e. The molecular formula is C22H28N2O5S. The van der Waals surface area contributed by atoms with Gasteiger partial charge < -0.3 is 14.8 Å². The summed E-state index contributed by atoms with van der Waals surface area (Å²) in [7, 11) is -3.56. The number of ether oxygens (including phenoxy) is 2. The van der Waals surface area contributed by atoms with Gasteiger partial charge in [0.15, 0.2) is 0 Å². The highest BCUT2D eigenvalue weighted by atomic mass is 32.2. The quantitative estimate of drug-likeness (QED) is 0.691. The number of carbonyl (C=O) groups excluding carboxylic acids is 1. The normalized spacial score (nSPS) is 15.2. The number of hydrogen-bond donors (Lipinski definition) is 1. The zero-order valence-electron chi connectivity index (χ0n) is 17.3. The van der Waals surface area contributed by atoms with Gasteiger partial charge in [-0.2, -0.15) is 4.31 Å². The number of sulfonamides is 1. The third-order valence-electron chi connectivity index (χ3n) is 4.78. The Bertz CT molecular complexity index is 952. The summed E-state index contributed by atoms with van der Waals surface area (Å²) in [4.78, 5) is 12.8. The molecule has 0 aromatic heterocycles. The Balaban J connectivity index is 1.63. The molecule has 8 heteroatoms.